The van der Waals surface area contributed by atoms with E-state index in [0.29, 0.717) is 5.41 Å². The van der Waals surface area contributed by atoms with Crippen molar-refractivity contribution in [2.45, 2.75) is 40.0 Å². The fourth-order valence-corrected chi connectivity index (χ4v) is 2.79. The molecule has 0 aliphatic heterocycles. The summed E-state index contributed by atoms with van der Waals surface area (Å²) >= 11 is 7.17. The highest BCUT2D eigenvalue weighted by molar-refractivity contribution is 9.11. The minimum atomic E-state index is 0.393. The number of halogens is 2. The number of nitrogens with one attached hydrogen (secondary N) is 1. The Hall–Kier alpha value is 0.140. The first-order chi connectivity index (χ1) is 8.44. The molecular formula is C15H23Br2N. The highest BCUT2D eigenvalue weighted by Gasteiger charge is 2.17. The molecule has 0 saturated heterocycles. The Kier molecular flexibility index (Phi) is 6.89. The van der Waals surface area contributed by atoms with E-state index in [1.807, 2.05) is 0 Å². The molecule has 102 valence electrons. The fourth-order valence-electron chi connectivity index (χ4n) is 1.94. The molecule has 0 spiro atoms. The van der Waals surface area contributed by atoms with E-state index in [9.17, 15) is 0 Å². The van der Waals surface area contributed by atoms with Crippen molar-refractivity contribution in [1.82, 2.24) is 5.32 Å². The molecule has 0 aromatic heterocycles. The highest BCUT2D eigenvalue weighted by atomic mass is 79.9. The number of benzene rings is 1. The van der Waals surface area contributed by atoms with Crippen molar-refractivity contribution in [1.29, 1.82) is 0 Å². The second kappa shape index (κ2) is 7.66. The summed E-state index contributed by atoms with van der Waals surface area (Å²) in [5, 5.41) is 3.41. The molecule has 0 atom stereocenters. The first-order valence-electron chi connectivity index (χ1n) is 6.59. The maximum atomic E-state index is 3.63. The zero-order valence-electron chi connectivity index (χ0n) is 11.5. The van der Waals surface area contributed by atoms with E-state index in [-0.39, 0.29) is 0 Å². The van der Waals surface area contributed by atoms with Gasteiger partial charge in [-0.15, -0.1) is 0 Å². The molecule has 0 radical (unpaired) electrons. The smallest absolute Gasteiger partial charge is 0.0208 e. The molecule has 0 fully saturated rings. The summed E-state index contributed by atoms with van der Waals surface area (Å²) in [7, 11) is 0. The SMILES string of the molecule is CCNCCC(C)(C)CCc1cc(Br)ccc1Br. The largest absolute Gasteiger partial charge is 0.317 e. The Morgan fingerprint density at radius 3 is 2.56 bits per heavy atom. The van der Waals surface area contributed by atoms with Gasteiger partial charge in [-0.1, -0.05) is 52.6 Å². The summed E-state index contributed by atoms with van der Waals surface area (Å²) in [6.45, 7) is 9.05. The van der Waals surface area contributed by atoms with Gasteiger partial charge in [-0.25, -0.2) is 0 Å². The van der Waals surface area contributed by atoms with Crippen LogP contribution >= 0.6 is 31.9 Å². The first-order valence-corrected chi connectivity index (χ1v) is 8.18. The van der Waals surface area contributed by atoms with Gasteiger partial charge in [0.15, 0.2) is 0 Å². The highest BCUT2D eigenvalue weighted by Crippen LogP contribution is 2.29. The maximum absolute atomic E-state index is 3.63. The van der Waals surface area contributed by atoms with Crippen molar-refractivity contribution in [3.63, 3.8) is 0 Å². The summed E-state index contributed by atoms with van der Waals surface area (Å²) in [6, 6.07) is 6.40. The van der Waals surface area contributed by atoms with Gasteiger partial charge in [-0.05, 0) is 61.5 Å². The standard InChI is InChI=1S/C15H23Br2N/c1-4-18-10-9-15(2,3)8-7-12-11-13(16)5-6-14(12)17/h5-6,11,18H,4,7-10H2,1-3H3. The zero-order chi connectivity index (χ0) is 13.6. The second-order valence-corrected chi connectivity index (χ2v) is 7.27. The van der Waals surface area contributed by atoms with Crippen LogP contribution in [0.5, 0.6) is 0 Å². The lowest BCUT2D eigenvalue weighted by Crippen LogP contribution is -2.22. The normalized spacial score (nSPS) is 11.8. The average molecular weight is 377 g/mol. The summed E-state index contributed by atoms with van der Waals surface area (Å²) in [6.07, 6.45) is 3.57. The molecule has 1 aromatic carbocycles. The molecule has 0 saturated carbocycles. The molecule has 1 N–H and O–H groups in total. The van der Waals surface area contributed by atoms with Crippen LogP contribution in [0.25, 0.3) is 0 Å². The number of hydrogen-bond acceptors (Lipinski definition) is 1. The zero-order valence-corrected chi connectivity index (χ0v) is 14.7. The molecule has 1 rings (SSSR count). The van der Waals surface area contributed by atoms with Crippen molar-refractivity contribution in [2.75, 3.05) is 13.1 Å². The van der Waals surface area contributed by atoms with Crippen LogP contribution in [-0.2, 0) is 6.42 Å². The minimum absolute atomic E-state index is 0.393. The molecule has 0 unspecified atom stereocenters. The number of aryl methyl sites for hydroxylation is 1. The van der Waals surface area contributed by atoms with Crippen LogP contribution in [0.1, 0.15) is 39.2 Å². The van der Waals surface area contributed by atoms with E-state index >= 15 is 0 Å². The van der Waals surface area contributed by atoms with Gasteiger partial charge in [0.2, 0.25) is 0 Å². The van der Waals surface area contributed by atoms with Crippen LogP contribution in [0.3, 0.4) is 0 Å². The second-order valence-electron chi connectivity index (χ2n) is 5.50. The molecule has 1 nitrogen and oxygen atoms in total. The predicted molar refractivity (Wildman–Crippen MR) is 87.1 cm³/mol. The fraction of sp³-hybridized carbons (Fsp3) is 0.600. The van der Waals surface area contributed by atoms with E-state index in [1.54, 1.807) is 0 Å². The van der Waals surface area contributed by atoms with Gasteiger partial charge in [0.1, 0.15) is 0 Å². The van der Waals surface area contributed by atoms with Gasteiger partial charge < -0.3 is 5.32 Å². The summed E-state index contributed by atoms with van der Waals surface area (Å²) in [5.74, 6) is 0. The molecule has 18 heavy (non-hydrogen) atoms. The number of hydrogen-bond donors (Lipinski definition) is 1. The first kappa shape index (κ1) is 16.2. The topological polar surface area (TPSA) is 12.0 Å². The molecule has 0 aliphatic rings. The number of rotatable bonds is 7. The third kappa shape index (κ3) is 5.85. The summed E-state index contributed by atoms with van der Waals surface area (Å²) in [4.78, 5) is 0. The van der Waals surface area contributed by atoms with E-state index in [2.05, 4.69) is 76.1 Å². The van der Waals surface area contributed by atoms with E-state index in [1.165, 1.54) is 22.9 Å². The van der Waals surface area contributed by atoms with Crippen LogP contribution in [-0.4, -0.2) is 13.1 Å². The van der Waals surface area contributed by atoms with E-state index in [4.69, 9.17) is 0 Å². The Morgan fingerprint density at radius 2 is 1.89 bits per heavy atom. The van der Waals surface area contributed by atoms with Crippen LogP contribution < -0.4 is 5.32 Å². The van der Waals surface area contributed by atoms with Gasteiger partial charge >= 0.3 is 0 Å². The van der Waals surface area contributed by atoms with Crippen molar-refractivity contribution < 1.29 is 0 Å². The summed E-state index contributed by atoms with van der Waals surface area (Å²) < 4.78 is 2.37. The predicted octanol–water partition coefficient (Wildman–Crippen LogP) is 5.17. The van der Waals surface area contributed by atoms with E-state index < -0.39 is 0 Å². The van der Waals surface area contributed by atoms with Crippen LogP contribution in [0.4, 0.5) is 0 Å². The van der Waals surface area contributed by atoms with E-state index in [0.717, 1.165) is 24.0 Å². The third-order valence-corrected chi connectivity index (χ3v) is 4.57. The molecule has 0 aliphatic carbocycles. The molecule has 0 heterocycles. The Labute approximate surface area is 128 Å². The Morgan fingerprint density at radius 1 is 1.17 bits per heavy atom. The van der Waals surface area contributed by atoms with Crippen LogP contribution in [0, 0.1) is 5.41 Å². The minimum Gasteiger partial charge on any atom is -0.317 e. The molecule has 1 aromatic rings. The van der Waals surface area contributed by atoms with Crippen LogP contribution in [0.2, 0.25) is 0 Å². The molecular weight excluding hydrogens is 354 g/mol. The average Bonchev–Trinajstić information content (AvgIpc) is 2.31. The van der Waals surface area contributed by atoms with Crippen molar-refractivity contribution >= 4 is 31.9 Å². The van der Waals surface area contributed by atoms with Crippen molar-refractivity contribution in [3.8, 4) is 0 Å². The van der Waals surface area contributed by atoms with Gasteiger partial charge in [-0.3, -0.25) is 0 Å². The lowest BCUT2D eigenvalue weighted by atomic mass is 9.83. The third-order valence-electron chi connectivity index (χ3n) is 3.31. The monoisotopic (exact) mass is 375 g/mol. The lowest BCUT2D eigenvalue weighted by Gasteiger charge is -2.25. The van der Waals surface area contributed by atoms with Gasteiger partial charge in [0.05, 0.1) is 0 Å². The quantitative estimate of drug-likeness (QED) is 0.647. The molecule has 0 bridgehead atoms. The Bertz CT molecular complexity index is 375. The van der Waals surface area contributed by atoms with Gasteiger partial charge in [0.25, 0.3) is 0 Å². The van der Waals surface area contributed by atoms with Crippen molar-refractivity contribution in [3.05, 3.63) is 32.7 Å². The maximum Gasteiger partial charge on any atom is 0.0208 e. The molecule has 0 amide bonds. The lowest BCUT2D eigenvalue weighted by molar-refractivity contribution is 0.303. The Balaban J connectivity index is 2.50. The van der Waals surface area contributed by atoms with Crippen LogP contribution in [0.15, 0.2) is 27.1 Å². The summed E-state index contributed by atoms with van der Waals surface area (Å²) in [5.41, 5.74) is 1.78. The van der Waals surface area contributed by atoms with Gasteiger partial charge in [0, 0.05) is 8.95 Å². The van der Waals surface area contributed by atoms with Gasteiger partial charge in [-0.2, -0.15) is 0 Å². The van der Waals surface area contributed by atoms with Crippen molar-refractivity contribution in [2.24, 2.45) is 5.41 Å². The molecule has 3 heteroatoms.